The van der Waals surface area contributed by atoms with Gasteiger partial charge in [0.15, 0.2) is 0 Å². The average molecular weight is 476 g/mol. The average Bonchev–Trinajstić information content (AvgIpc) is 2.92. The quantitative estimate of drug-likeness (QED) is 0.273. The molecule has 4 nitrogen and oxygen atoms in total. The summed E-state index contributed by atoms with van der Waals surface area (Å²) in [6, 6.07) is 34.3. The summed E-state index contributed by atoms with van der Waals surface area (Å²) in [6.07, 6.45) is 0.681. The van der Waals surface area contributed by atoms with Crippen LogP contribution in [0.5, 0.6) is 5.75 Å². The lowest BCUT2D eigenvalue weighted by Gasteiger charge is -2.21. The Morgan fingerprint density at radius 2 is 1.33 bits per heavy atom. The third-order valence-electron chi connectivity index (χ3n) is 6.56. The van der Waals surface area contributed by atoms with Gasteiger partial charge < -0.3 is 14.8 Å². The van der Waals surface area contributed by atoms with Crippen LogP contribution in [0.15, 0.2) is 103 Å². The first-order valence-electron chi connectivity index (χ1n) is 12.1. The van der Waals surface area contributed by atoms with Crippen LogP contribution in [0.25, 0.3) is 32.7 Å². The first-order chi connectivity index (χ1) is 17.7. The summed E-state index contributed by atoms with van der Waals surface area (Å²) in [7, 11) is 3.33. The van der Waals surface area contributed by atoms with Gasteiger partial charge in [0.05, 0.1) is 19.8 Å². The van der Waals surface area contributed by atoms with Crippen molar-refractivity contribution in [1.82, 2.24) is 5.32 Å². The molecule has 0 heterocycles. The highest BCUT2D eigenvalue weighted by atomic mass is 16.5. The number of fused-ring (bicyclic) bond motifs is 2. The molecule has 0 aliphatic heterocycles. The monoisotopic (exact) mass is 475 g/mol. The van der Waals surface area contributed by atoms with Crippen LogP contribution in [0.4, 0.5) is 0 Å². The first kappa shape index (κ1) is 23.6. The van der Waals surface area contributed by atoms with Crippen molar-refractivity contribution < 1.29 is 14.3 Å². The van der Waals surface area contributed by atoms with Gasteiger partial charge in [0.2, 0.25) is 0 Å². The van der Waals surface area contributed by atoms with Crippen molar-refractivity contribution in [3.05, 3.63) is 114 Å². The van der Waals surface area contributed by atoms with Crippen molar-refractivity contribution in [1.29, 1.82) is 0 Å². The van der Waals surface area contributed by atoms with Gasteiger partial charge >= 0.3 is 0 Å². The van der Waals surface area contributed by atoms with E-state index < -0.39 is 0 Å². The molecule has 4 heteroatoms. The van der Waals surface area contributed by atoms with Crippen LogP contribution in [0, 0.1) is 0 Å². The van der Waals surface area contributed by atoms with Crippen LogP contribution in [-0.2, 0) is 11.2 Å². The minimum atomic E-state index is -0.168. The number of rotatable bonds is 8. The lowest BCUT2D eigenvalue weighted by molar-refractivity contribution is 0.0897. The summed E-state index contributed by atoms with van der Waals surface area (Å²) in [5.74, 6) is 0.598. The van der Waals surface area contributed by atoms with Crippen LogP contribution < -0.4 is 10.1 Å². The highest BCUT2D eigenvalue weighted by Gasteiger charge is 2.23. The molecule has 1 atom stereocenters. The maximum Gasteiger partial charge on any atom is 0.252 e. The fraction of sp³-hybridized carbons (Fsp3) is 0.156. The molecule has 1 amide bonds. The van der Waals surface area contributed by atoms with Gasteiger partial charge in [0.25, 0.3) is 5.91 Å². The summed E-state index contributed by atoms with van der Waals surface area (Å²) in [5, 5.41) is 7.44. The topological polar surface area (TPSA) is 47.6 Å². The number of nitrogens with one attached hydrogen (secondary N) is 1. The number of ether oxygens (including phenoxy) is 2. The van der Waals surface area contributed by atoms with Crippen LogP contribution >= 0.6 is 0 Å². The molecule has 5 aromatic rings. The fourth-order valence-corrected chi connectivity index (χ4v) is 4.92. The van der Waals surface area contributed by atoms with Gasteiger partial charge in [-0.2, -0.15) is 0 Å². The van der Waals surface area contributed by atoms with Gasteiger partial charge in [-0.3, -0.25) is 4.79 Å². The second-order valence-corrected chi connectivity index (χ2v) is 8.89. The lowest BCUT2D eigenvalue weighted by atomic mass is 9.89. The van der Waals surface area contributed by atoms with Crippen molar-refractivity contribution in [2.24, 2.45) is 0 Å². The Morgan fingerprint density at radius 1 is 0.722 bits per heavy atom. The smallest absolute Gasteiger partial charge is 0.252 e. The largest absolute Gasteiger partial charge is 0.496 e. The fourth-order valence-electron chi connectivity index (χ4n) is 4.92. The number of benzene rings is 5. The van der Waals surface area contributed by atoms with Gasteiger partial charge in [-0.15, -0.1) is 0 Å². The maximum atomic E-state index is 13.9. The molecule has 0 bridgehead atoms. The molecule has 0 fully saturated rings. The Kier molecular flexibility index (Phi) is 6.96. The predicted octanol–water partition coefficient (Wildman–Crippen LogP) is 6.66. The number of methoxy groups -OCH3 is 2. The number of amides is 1. The molecular formula is C32H29NO3. The number of hydrogen-bond acceptors (Lipinski definition) is 3. The number of hydrogen-bond donors (Lipinski definition) is 1. The van der Waals surface area contributed by atoms with Crippen molar-refractivity contribution in [2.45, 2.75) is 12.5 Å². The van der Waals surface area contributed by atoms with Gasteiger partial charge in [0.1, 0.15) is 5.75 Å². The standard InChI is InChI=1S/C32H29NO3/c1-35-21-25(20-22-10-4-3-5-11-22)33-32(34)28-18-16-23-12-6-8-14-26(23)30(28)31-27-15-9-7-13-24(27)17-19-29(31)36-2/h3-19,25H,20-21H2,1-2H3,(H,33,34)/t25-/m0/s1. The van der Waals surface area contributed by atoms with Gasteiger partial charge in [-0.25, -0.2) is 0 Å². The normalized spacial score (nSPS) is 11.9. The third-order valence-corrected chi connectivity index (χ3v) is 6.56. The number of carbonyl (C=O) groups excluding carboxylic acids is 1. The van der Waals surface area contributed by atoms with E-state index in [0.29, 0.717) is 18.6 Å². The zero-order valence-corrected chi connectivity index (χ0v) is 20.5. The summed E-state index contributed by atoms with van der Waals surface area (Å²) >= 11 is 0. The Bertz CT molecular complexity index is 1510. The molecule has 5 aromatic carbocycles. The molecule has 0 saturated heterocycles. The SMILES string of the molecule is COC[C@H](Cc1ccccc1)NC(=O)c1ccc2ccccc2c1-c1c(OC)ccc2ccccc12. The van der Waals surface area contributed by atoms with Crippen LogP contribution in [0.2, 0.25) is 0 Å². The molecule has 1 N–H and O–H groups in total. The molecule has 5 rings (SSSR count). The molecule has 0 aliphatic rings. The Morgan fingerprint density at radius 3 is 2.00 bits per heavy atom. The third kappa shape index (κ3) is 4.68. The molecule has 0 aromatic heterocycles. The highest BCUT2D eigenvalue weighted by molar-refractivity contribution is 6.15. The van der Waals surface area contributed by atoms with E-state index in [1.54, 1.807) is 14.2 Å². The molecule has 0 saturated carbocycles. The maximum absolute atomic E-state index is 13.9. The second-order valence-electron chi connectivity index (χ2n) is 8.89. The summed E-state index contributed by atoms with van der Waals surface area (Å²) < 4.78 is 11.3. The van der Waals surface area contributed by atoms with Crippen LogP contribution in [-0.4, -0.2) is 32.8 Å². The predicted molar refractivity (Wildman–Crippen MR) is 147 cm³/mol. The van der Waals surface area contributed by atoms with Crippen LogP contribution in [0.1, 0.15) is 15.9 Å². The molecule has 0 unspecified atom stereocenters. The molecule has 0 radical (unpaired) electrons. The van der Waals surface area contributed by atoms with Gasteiger partial charge in [0, 0.05) is 23.8 Å². The molecule has 36 heavy (non-hydrogen) atoms. The van der Waals surface area contributed by atoms with E-state index in [-0.39, 0.29) is 11.9 Å². The highest BCUT2D eigenvalue weighted by Crippen LogP contribution is 2.42. The Balaban J connectivity index is 1.65. The van der Waals surface area contributed by atoms with Crippen molar-refractivity contribution in [3.63, 3.8) is 0 Å². The summed E-state index contributed by atoms with van der Waals surface area (Å²) in [6.45, 7) is 0.418. The van der Waals surface area contributed by atoms with Gasteiger partial charge in [-0.1, -0.05) is 91.0 Å². The van der Waals surface area contributed by atoms with Gasteiger partial charge in [-0.05, 0) is 45.7 Å². The summed E-state index contributed by atoms with van der Waals surface area (Å²) in [4.78, 5) is 13.9. The Labute approximate surface area is 211 Å². The molecule has 180 valence electrons. The van der Waals surface area contributed by atoms with Crippen LogP contribution in [0.3, 0.4) is 0 Å². The Hall–Kier alpha value is -4.15. The van der Waals surface area contributed by atoms with E-state index in [2.05, 4.69) is 47.8 Å². The van der Waals surface area contributed by atoms with Crippen molar-refractivity contribution >= 4 is 27.5 Å². The van der Waals surface area contributed by atoms with E-state index in [1.807, 2.05) is 60.7 Å². The van der Waals surface area contributed by atoms with E-state index >= 15 is 0 Å². The second kappa shape index (κ2) is 10.6. The van der Waals surface area contributed by atoms with E-state index in [9.17, 15) is 4.79 Å². The van der Waals surface area contributed by atoms with E-state index in [0.717, 1.165) is 44.0 Å². The molecular weight excluding hydrogens is 446 g/mol. The van der Waals surface area contributed by atoms with Crippen molar-refractivity contribution in [2.75, 3.05) is 20.8 Å². The zero-order valence-electron chi connectivity index (χ0n) is 20.5. The lowest BCUT2D eigenvalue weighted by Crippen LogP contribution is -2.39. The van der Waals surface area contributed by atoms with E-state index in [4.69, 9.17) is 9.47 Å². The first-order valence-corrected chi connectivity index (χ1v) is 12.1. The zero-order chi connectivity index (χ0) is 24.9. The van der Waals surface area contributed by atoms with E-state index in [1.165, 1.54) is 0 Å². The minimum absolute atomic E-state index is 0.135. The van der Waals surface area contributed by atoms with Crippen molar-refractivity contribution in [3.8, 4) is 16.9 Å². The number of carbonyl (C=O) groups is 1. The summed E-state index contributed by atoms with van der Waals surface area (Å²) in [5.41, 5.74) is 3.55. The molecule has 0 aliphatic carbocycles. The minimum Gasteiger partial charge on any atom is -0.496 e. The molecule has 0 spiro atoms.